The Hall–Kier alpha value is -4.09. The van der Waals surface area contributed by atoms with Gasteiger partial charge in [0.25, 0.3) is 0 Å². The third-order valence-electron chi connectivity index (χ3n) is 6.65. The van der Waals surface area contributed by atoms with Gasteiger partial charge >= 0.3 is 5.97 Å². The number of rotatable bonds is 12. The van der Waals surface area contributed by atoms with Crippen molar-refractivity contribution in [3.8, 4) is 5.75 Å². The maximum atomic E-state index is 13.5. The van der Waals surface area contributed by atoms with E-state index in [0.29, 0.717) is 22.1 Å². The number of likely N-dealkylation sites (tertiary alicyclic amines) is 1. The van der Waals surface area contributed by atoms with Crippen LogP contribution in [0.5, 0.6) is 5.75 Å². The molecular formula is C31H32N2O7S2. The molecule has 42 heavy (non-hydrogen) atoms. The number of methoxy groups -OCH3 is 1. The number of ether oxygens (including phenoxy) is 2. The summed E-state index contributed by atoms with van der Waals surface area (Å²) in [4.78, 5) is 40.8. The zero-order valence-electron chi connectivity index (χ0n) is 23.5. The molecule has 1 heterocycles. The van der Waals surface area contributed by atoms with Gasteiger partial charge in [-0.15, -0.1) is 0 Å². The van der Waals surface area contributed by atoms with Crippen LogP contribution in [0.25, 0.3) is 0 Å². The number of carbonyl (C=O) groups is 3. The Bertz CT molecular complexity index is 1560. The first-order chi connectivity index (χ1) is 20.0. The molecule has 1 saturated heterocycles. The molecule has 11 heteroatoms. The third-order valence-corrected chi connectivity index (χ3v) is 10.4. The van der Waals surface area contributed by atoms with Crippen molar-refractivity contribution in [2.24, 2.45) is 0 Å². The maximum Gasteiger partial charge on any atom is 0.333 e. The summed E-state index contributed by atoms with van der Waals surface area (Å²) in [6.07, 6.45) is 0.000532. The van der Waals surface area contributed by atoms with E-state index < -0.39 is 44.1 Å². The normalized spacial score (nSPS) is 17.1. The van der Waals surface area contributed by atoms with Crippen molar-refractivity contribution >= 4 is 37.4 Å². The monoisotopic (exact) mass is 608 g/mol. The quantitative estimate of drug-likeness (QED) is 0.142. The van der Waals surface area contributed by atoms with Crippen LogP contribution >= 0.6 is 10.8 Å². The van der Waals surface area contributed by atoms with E-state index in [4.69, 9.17) is 9.47 Å². The molecule has 3 aromatic carbocycles. The van der Waals surface area contributed by atoms with Gasteiger partial charge in [0.15, 0.2) is 6.04 Å². The van der Waals surface area contributed by atoms with Gasteiger partial charge in [0, 0.05) is 10.8 Å². The molecule has 9 nitrogen and oxygen atoms in total. The minimum absolute atomic E-state index is 0.000532. The molecule has 0 saturated carbocycles. The highest BCUT2D eigenvalue weighted by Gasteiger charge is 2.55. The molecule has 0 bridgehead atoms. The number of β-lactam (4-membered cyclic amide) rings is 1. The van der Waals surface area contributed by atoms with Crippen LogP contribution in [0.1, 0.15) is 23.6 Å². The van der Waals surface area contributed by atoms with Crippen molar-refractivity contribution in [2.75, 3.05) is 7.11 Å². The van der Waals surface area contributed by atoms with Crippen molar-refractivity contribution in [1.29, 1.82) is 0 Å². The van der Waals surface area contributed by atoms with Crippen LogP contribution in [0.3, 0.4) is 0 Å². The molecule has 3 atom stereocenters. The summed E-state index contributed by atoms with van der Waals surface area (Å²) in [6, 6.07) is 19.7. The minimum Gasteiger partial charge on any atom is -0.497 e. The third kappa shape index (κ3) is 7.21. The second-order valence-corrected chi connectivity index (χ2v) is 13.9. The van der Waals surface area contributed by atoms with Crippen molar-refractivity contribution in [2.45, 2.75) is 49.2 Å². The Morgan fingerprint density at radius 2 is 1.64 bits per heavy atom. The number of esters is 1. The van der Waals surface area contributed by atoms with Crippen LogP contribution in [0, 0.1) is 6.92 Å². The van der Waals surface area contributed by atoms with Crippen molar-refractivity contribution in [3.63, 3.8) is 0 Å². The highest BCUT2D eigenvalue weighted by atomic mass is 33.1. The largest absolute Gasteiger partial charge is 0.497 e. The maximum absolute atomic E-state index is 13.5. The lowest BCUT2D eigenvalue weighted by Crippen LogP contribution is -2.73. The molecule has 4 rings (SSSR count). The number of nitrogens with one attached hydrogen (secondary N) is 1. The lowest BCUT2D eigenvalue weighted by atomic mass is 9.99. The van der Waals surface area contributed by atoms with Gasteiger partial charge in [0.2, 0.25) is 20.7 Å². The van der Waals surface area contributed by atoms with Gasteiger partial charge in [0.05, 0.1) is 18.4 Å². The summed E-state index contributed by atoms with van der Waals surface area (Å²) in [7, 11) is -1.95. The van der Waals surface area contributed by atoms with Crippen molar-refractivity contribution < 1.29 is 32.3 Å². The fourth-order valence-electron chi connectivity index (χ4n) is 4.40. The molecular weight excluding hydrogens is 576 g/mol. The first-order valence-electron chi connectivity index (χ1n) is 13.1. The zero-order chi connectivity index (χ0) is 30.4. The lowest BCUT2D eigenvalue weighted by Gasteiger charge is -2.49. The number of amides is 2. The Balaban J connectivity index is 1.57. The number of hydrogen-bond acceptors (Lipinski definition) is 8. The van der Waals surface area contributed by atoms with E-state index in [1.165, 1.54) is 12.1 Å². The van der Waals surface area contributed by atoms with Crippen LogP contribution in [0.15, 0.2) is 95.9 Å². The smallest absolute Gasteiger partial charge is 0.333 e. The zero-order valence-corrected chi connectivity index (χ0v) is 25.1. The molecule has 0 aliphatic carbocycles. The fourth-order valence-corrected chi connectivity index (χ4v) is 7.91. The number of nitrogens with zero attached hydrogens (tertiary/aromatic N) is 1. The van der Waals surface area contributed by atoms with Crippen LogP contribution in [0.4, 0.5) is 0 Å². The van der Waals surface area contributed by atoms with Gasteiger partial charge in [0.1, 0.15) is 23.8 Å². The highest BCUT2D eigenvalue weighted by molar-refractivity contribution is 8.72. The van der Waals surface area contributed by atoms with Gasteiger partial charge in [-0.25, -0.2) is 13.2 Å². The van der Waals surface area contributed by atoms with Gasteiger partial charge < -0.3 is 19.7 Å². The second kappa shape index (κ2) is 13.3. The lowest BCUT2D eigenvalue weighted by molar-refractivity contribution is -0.163. The molecule has 1 aliphatic heterocycles. The van der Waals surface area contributed by atoms with E-state index in [9.17, 15) is 22.8 Å². The molecule has 0 radical (unpaired) electrons. The number of hydrogen-bond donors (Lipinski definition) is 1. The first kappa shape index (κ1) is 30.9. The molecule has 3 unspecified atom stereocenters. The van der Waals surface area contributed by atoms with Gasteiger partial charge in [-0.3, -0.25) is 9.59 Å². The Labute approximate surface area is 249 Å². The standard InChI is InChI=1S/C31H32N2O7S2/c1-20(2)28(31(36)40-19-23-12-14-24(39-4)15-13-23)33-29(35)27(32-26(34)18-22-8-6-5-7-9-22)30(33)41-42(37,38)25-16-10-21(3)11-17-25/h5-17,27-28,30H,1,18-19H2,2-4H3,(H,32,34). The first-order valence-corrected chi connectivity index (χ1v) is 16.0. The topological polar surface area (TPSA) is 119 Å². The molecule has 1 fully saturated rings. The Kier molecular flexibility index (Phi) is 9.74. The fraction of sp³-hybridized carbons (Fsp3) is 0.258. The number of carbonyl (C=O) groups excluding carboxylic acids is 3. The number of benzene rings is 3. The molecule has 1 aliphatic rings. The molecule has 0 aromatic heterocycles. The van der Waals surface area contributed by atoms with Crippen LogP contribution in [-0.4, -0.2) is 55.7 Å². The summed E-state index contributed by atoms with van der Waals surface area (Å²) < 4.78 is 37.5. The van der Waals surface area contributed by atoms with Crippen LogP contribution in [0.2, 0.25) is 0 Å². The number of aryl methyl sites for hydroxylation is 1. The van der Waals surface area contributed by atoms with E-state index in [2.05, 4.69) is 11.9 Å². The summed E-state index contributed by atoms with van der Waals surface area (Å²) in [5, 5.41) is 1.56. The van der Waals surface area contributed by atoms with E-state index in [0.717, 1.165) is 16.0 Å². The average molecular weight is 609 g/mol. The summed E-state index contributed by atoms with van der Waals surface area (Å²) in [6.45, 7) is 7.19. The second-order valence-electron chi connectivity index (χ2n) is 9.91. The Morgan fingerprint density at radius 1 is 1.00 bits per heavy atom. The Morgan fingerprint density at radius 3 is 2.24 bits per heavy atom. The van der Waals surface area contributed by atoms with E-state index >= 15 is 0 Å². The van der Waals surface area contributed by atoms with Gasteiger partial charge in [-0.2, -0.15) is 0 Å². The predicted octanol–water partition coefficient (Wildman–Crippen LogP) is 4.01. The molecule has 220 valence electrons. The van der Waals surface area contributed by atoms with Crippen molar-refractivity contribution in [1.82, 2.24) is 10.2 Å². The van der Waals surface area contributed by atoms with Gasteiger partial charge in [-0.1, -0.05) is 66.7 Å². The van der Waals surface area contributed by atoms with Crippen LogP contribution in [-0.2, 0) is 41.0 Å². The van der Waals surface area contributed by atoms with E-state index in [1.54, 1.807) is 74.7 Å². The van der Waals surface area contributed by atoms with Gasteiger partial charge in [-0.05, 0) is 54.8 Å². The van der Waals surface area contributed by atoms with E-state index in [1.807, 2.05) is 13.0 Å². The summed E-state index contributed by atoms with van der Waals surface area (Å²) >= 11 is 0. The SMILES string of the molecule is C=C(C)C(C(=O)OCc1ccc(OC)cc1)N1C(=O)C(NC(=O)Cc2ccccc2)C1SS(=O)(=O)c1ccc(C)cc1. The van der Waals surface area contributed by atoms with E-state index in [-0.39, 0.29) is 23.5 Å². The van der Waals surface area contributed by atoms with Crippen molar-refractivity contribution in [3.05, 3.63) is 108 Å². The highest BCUT2D eigenvalue weighted by Crippen LogP contribution is 2.40. The molecule has 0 spiro atoms. The minimum atomic E-state index is -3.99. The molecule has 3 aromatic rings. The molecule has 1 N–H and O–H groups in total. The predicted molar refractivity (Wildman–Crippen MR) is 160 cm³/mol. The average Bonchev–Trinajstić information content (AvgIpc) is 2.97. The molecule has 2 amide bonds. The summed E-state index contributed by atoms with van der Waals surface area (Å²) in [5.74, 6) is -1.18. The van der Waals surface area contributed by atoms with Crippen LogP contribution < -0.4 is 10.1 Å². The summed E-state index contributed by atoms with van der Waals surface area (Å²) in [5.41, 5.74) is 2.60.